The van der Waals surface area contributed by atoms with Gasteiger partial charge in [-0.15, -0.1) is 0 Å². The molecule has 0 saturated carbocycles. The molecule has 0 aromatic carbocycles. The van der Waals surface area contributed by atoms with Gasteiger partial charge in [0, 0.05) is 49.7 Å². The van der Waals surface area contributed by atoms with Gasteiger partial charge in [0.15, 0.2) is 0 Å². The molecule has 0 radical (unpaired) electrons. The Morgan fingerprint density at radius 2 is 2.00 bits per heavy atom. The van der Waals surface area contributed by atoms with Gasteiger partial charge in [-0.25, -0.2) is 15.8 Å². The molecule has 1 fully saturated rings. The third kappa shape index (κ3) is 4.50. The molecule has 4 N–H and O–H groups in total. The summed E-state index contributed by atoms with van der Waals surface area (Å²) < 4.78 is 0. The second kappa shape index (κ2) is 7.66. The SMILES string of the molecule is CC(C)c1nc(NN)cc(NCCN2CCSCC2)n1. The first-order valence-electron chi connectivity index (χ1n) is 7.08. The number of anilines is 2. The third-order valence-corrected chi connectivity index (χ3v) is 4.19. The number of nitrogens with one attached hydrogen (secondary N) is 2. The molecule has 2 heterocycles. The molecular weight excluding hydrogens is 272 g/mol. The maximum Gasteiger partial charge on any atom is 0.145 e. The molecular formula is C13H24N6S. The Labute approximate surface area is 124 Å². The zero-order chi connectivity index (χ0) is 14.4. The number of thioether (sulfide) groups is 1. The third-order valence-electron chi connectivity index (χ3n) is 3.25. The molecule has 1 saturated heterocycles. The van der Waals surface area contributed by atoms with Gasteiger partial charge in [0.1, 0.15) is 17.5 Å². The van der Waals surface area contributed by atoms with E-state index in [9.17, 15) is 0 Å². The van der Waals surface area contributed by atoms with Crippen molar-refractivity contribution in [2.24, 2.45) is 5.84 Å². The fraction of sp³-hybridized carbons (Fsp3) is 0.692. The standard InChI is InChI=1S/C13H24N6S/c1-10(2)13-16-11(9-12(17-13)18-14)15-3-4-19-5-7-20-8-6-19/h9-10H,3-8,14H2,1-2H3,(H2,15,16,17,18). The van der Waals surface area contributed by atoms with E-state index in [0.29, 0.717) is 5.82 Å². The van der Waals surface area contributed by atoms with Crippen LogP contribution in [-0.4, -0.2) is 52.6 Å². The van der Waals surface area contributed by atoms with E-state index < -0.39 is 0 Å². The maximum absolute atomic E-state index is 5.45. The Bertz CT molecular complexity index is 419. The highest BCUT2D eigenvalue weighted by Crippen LogP contribution is 2.16. The Hall–Kier alpha value is -1.05. The van der Waals surface area contributed by atoms with Gasteiger partial charge >= 0.3 is 0 Å². The minimum absolute atomic E-state index is 0.281. The molecule has 6 nitrogen and oxygen atoms in total. The van der Waals surface area contributed by atoms with E-state index in [-0.39, 0.29) is 5.92 Å². The number of hydrazine groups is 1. The highest BCUT2D eigenvalue weighted by atomic mass is 32.2. The van der Waals surface area contributed by atoms with Crippen molar-refractivity contribution in [3.63, 3.8) is 0 Å². The second-order valence-electron chi connectivity index (χ2n) is 5.18. The van der Waals surface area contributed by atoms with Crippen molar-refractivity contribution in [1.29, 1.82) is 0 Å². The van der Waals surface area contributed by atoms with Crippen LogP contribution in [0, 0.1) is 0 Å². The Kier molecular flexibility index (Phi) is 5.87. The number of hydrogen-bond donors (Lipinski definition) is 3. The molecule has 1 aliphatic heterocycles. The van der Waals surface area contributed by atoms with E-state index in [1.165, 1.54) is 24.6 Å². The molecule has 0 amide bonds. The summed E-state index contributed by atoms with van der Waals surface area (Å²) in [5.74, 6) is 10.5. The molecule has 0 unspecified atom stereocenters. The van der Waals surface area contributed by atoms with E-state index in [4.69, 9.17) is 5.84 Å². The van der Waals surface area contributed by atoms with Gasteiger partial charge in [-0.05, 0) is 0 Å². The van der Waals surface area contributed by atoms with Crippen LogP contribution in [0.15, 0.2) is 6.07 Å². The van der Waals surface area contributed by atoms with Crippen LogP contribution in [0.2, 0.25) is 0 Å². The fourth-order valence-electron chi connectivity index (χ4n) is 2.06. The van der Waals surface area contributed by atoms with Crippen molar-refractivity contribution in [2.45, 2.75) is 19.8 Å². The Morgan fingerprint density at radius 1 is 1.30 bits per heavy atom. The van der Waals surface area contributed by atoms with Crippen LogP contribution in [0.5, 0.6) is 0 Å². The molecule has 112 valence electrons. The smallest absolute Gasteiger partial charge is 0.145 e. The number of nitrogens with two attached hydrogens (primary N) is 1. The van der Waals surface area contributed by atoms with Crippen LogP contribution < -0.4 is 16.6 Å². The van der Waals surface area contributed by atoms with Crippen molar-refractivity contribution in [3.8, 4) is 0 Å². The van der Waals surface area contributed by atoms with Gasteiger partial charge in [-0.2, -0.15) is 11.8 Å². The Morgan fingerprint density at radius 3 is 2.65 bits per heavy atom. The summed E-state index contributed by atoms with van der Waals surface area (Å²) >= 11 is 2.03. The molecule has 0 bridgehead atoms. The van der Waals surface area contributed by atoms with Crippen molar-refractivity contribution in [1.82, 2.24) is 14.9 Å². The minimum atomic E-state index is 0.281. The first-order chi connectivity index (χ1) is 9.69. The van der Waals surface area contributed by atoms with Crippen LogP contribution in [0.1, 0.15) is 25.6 Å². The Balaban J connectivity index is 1.89. The summed E-state index contributed by atoms with van der Waals surface area (Å²) in [5, 5.41) is 3.37. The van der Waals surface area contributed by atoms with Gasteiger partial charge < -0.3 is 10.7 Å². The number of nitrogen functional groups attached to an aromatic ring is 1. The monoisotopic (exact) mass is 296 g/mol. The molecule has 20 heavy (non-hydrogen) atoms. The van der Waals surface area contributed by atoms with Crippen LogP contribution >= 0.6 is 11.8 Å². The highest BCUT2D eigenvalue weighted by molar-refractivity contribution is 7.99. The van der Waals surface area contributed by atoms with Crippen LogP contribution in [-0.2, 0) is 0 Å². The van der Waals surface area contributed by atoms with Crippen molar-refractivity contribution >= 4 is 23.4 Å². The van der Waals surface area contributed by atoms with Gasteiger partial charge in [-0.1, -0.05) is 13.8 Å². The number of rotatable bonds is 6. The molecule has 0 atom stereocenters. The topological polar surface area (TPSA) is 79.1 Å². The fourth-order valence-corrected chi connectivity index (χ4v) is 3.03. The average Bonchev–Trinajstić information content (AvgIpc) is 2.48. The molecule has 0 spiro atoms. The van der Waals surface area contributed by atoms with E-state index in [2.05, 4.69) is 39.5 Å². The van der Waals surface area contributed by atoms with E-state index in [1.807, 2.05) is 17.8 Å². The van der Waals surface area contributed by atoms with Crippen molar-refractivity contribution < 1.29 is 0 Å². The normalized spacial score (nSPS) is 16.4. The maximum atomic E-state index is 5.45. The highest BCUT2D eigenvalue weighted by Gasteiger charge is 2.10. The lowest BCUT2D eigenvalue weighted by atomic mass is 10.2. The van der Waals surface area contributed by atoms with Crippen LogP contribution in [0.4, 0.5) is 11.6 Å². The summed E-state index contributed by atoms with van der Waals surface area (Å²) in [6.07, 6.45) is 0. The zero-order valence-corrected chi connectivity index (χ0v) is 13.0. The predicted octanol–water partition coefficient (Wildman–Crippen LogP) is 1.35. The first-order valence-corrected chi connectivity index (χ1v) is 8.24. The molecule has 0 aliphatic carbocycles. The first kappa shape index (κ1) is 15.3. The number of nitrogens with zero attached hydrogens (tertiary/aromatic N) is 3. The van der Waals surface area contributed by atoms with E-state index in [1.54, 1.807) is 0 Å². The van der Waals surface area contributed by atoms with Crippen molar-refractivity contribution in [3.05, 3.63) is 11.9 Å². The molecule has 1 aliphatic rings. The molecule has 1 aromatic heterocycles. The average molecular weight is 296 g/mol. The van der Waals surface area contributed by atoms with Crippen LogP contribution in [0.3, 0.4) is 0 Å². The molecule has 7 heteroatoms. The quantitative estimate of drug-likeness (QED) is 0.540. The summed E-state index contributed by atoms with van der Waals surface area (Å²) in [6.45, 7) is 8.46. The lowest BCUT2D eigenvalue weighted by molar-refractivity contribution is 0.314. The van der Waals surface area contributed by atoms with Gasteiger partial charge in [-0.3, -0.25) is 4.90 Å². The van der Waals surface area contributed by atoms with Gasteiger partial charge in [0.05, 0.1) is 0 Å². The lowest BCUT2D eigenvalue weighted by Gasteiger charge is -2.26. The lowest BCUT2D eigenvalue weighted by Crippen LogP contribution is -2.36. The molecule has 1 aromatic rings. The van der Waals surface area contributed by atoms with Crippen LogP contribution in [0.25, 0.3) is 0 Å². The summed E-state index contributed by atoms with van der Waals surface area (Å²) in [4.78, 5) is 11.4. The van der Waals surface area contributed by atoms with E-state index >= 15 is 0 Å². The summed E-state index contributed by atoms with van der Waals surface area (Å²) in [7, 11) is 0. The predicted molar refractivity (Wildman–Crippen MR) is 86.2 cm³/mol. The van der Waals surface area contributed by atoms with Gasteiger partial charge in [0.2, 0.25) is 0 Å². The number of hydrogen-bond acceptors (Lipinski definition) is 7. The minimum Gasteiger partial charge on any atom is -0.369 e. The molecule has 2 rings (SSSR count). The second-order valence-corrected chi connectivity index (χ2v) is 6.40. The number of aromatic nitrogens is 2. The van der Waals surface area contributed by atoms with Gasteiger partial charge in [0.25, 0.3) is 0 Å². The van der Waals surface area contributed by atoms with Crippen molar-refractivity contribution in [2.75, 3.05) is 48.4 Å². The largest absolute Gasteiger partial charge is 0.369 e. The van der Waals surface area contributed by atoms with E-state index in [0.717, 1.165) is 24.7 Å². The summed E-state index contributed by atoms with van der Waals surface area (Å²) in [5.41, 5.74) is 2.60. The summed E-state index contributed by atoms with van der Waals surface area (Å²) in [6, 6.07) is 1.85. The zero-order valence-electron chi connectivity index (χ0n) is 12.2.